The monoisotopic (exact) mass is 444 g/mol. The first-order valence-electron chi connectivity index (χ1n) is 5.56. The third-order valence-electron chi connectivity index (χ3n) is 2.78. The number of carbonyl (C=O) groups excluding carboxylic acids is 1. The van der Waals surface area contributed by atoms with E-state index in [1.54, 1.807) is 0 Å². The van der Waals surface area contributed by atoms with Gasteiger partial charge < -0.3 is 4.74 Å². The number of carbonyl (C=O) groups is 1. The molecular weight excluding hydrogens is 441 g/mol. The number of esters is 1. The van der Waals surface area contributed by atoms with Crippen LogP contribution in [-0.2, 0) is 14.3 Å². The molecule has 0 aliphatic rings. The zero-order chi connectivity index (χ0) is 22.5. The Balaban J connectivity index is 6.75. The lowest BCUT2D eigenvalue weighted by molar-refractivity contribution is -0.547. The van der Waals surface area contributed by atoms with Crippen LogP contribution in [0.5, 0.6) is 0 Å². The van der Waals surface area contributed by atoms with Crippen molar-refractivity contribution in [3.63, 3.8) is 0 Å². The fourth-order valence-electron chi connectivity index (χ4n) is 1.53. The fourth-order valence-corrected chi connectivity index (χ4v) is 1.53. The summed E-state index contributed by atoms with van der Waals surface area (Å²) in [6.07, 6.45) is -39.8. The molecule has 0 aromatic heterocycles. The predicted molar refractivity (Wildman–Crippen MR) is 48.5 cm³/mol. The second-order valence-electron chi connectivity index (χ2n) is 4.44. The van der Waals surface area contributed by atoms with E-state index in [0.717, 1.165) is 0 Å². The van der Waals surface area contributed by atoms with Gasteiger partial charge in [0.15, 0.2) is 0 Å². The minimum atomic E-state index is -8.35. The lowest BCUT2D eigenvalue weighted by atomic mass is 9.83. The molecule has 0 unspecified atom stereocenters. The molecule has 18 heteroatoms. The first kappa shape index (κ1) is 25.4. The van der Waals surface area contributed by atoms with E-state index < -0.39 is 48.1 Å². The Morgan fingerprint density at radius 2 is 0.889 bits per heavy atom. The van der Waals surface area contributed by atoms with Crippen LogP contribution < -0.4 is 0 Å². The molecule has 0 aliphatic heterocycles. The third-order valence-corrected chi connectivity index (χ3v) is 2.78. The quantitative estimate of drug-likeness (QED) is 0.457. The predicted octanol–water partition coefficient (Wildman–Crippen LogP) is 4.67. The Kier molecular flexibility index (Phi) is 6.08. The summed E-state index contributed by atoms with van der Waals surface area (Å²) in [5.74, 6) is -10.2. The van der Waals surface area contributed by atoms with Gasteiger partial charge in [0.05, 0.1) is 7.11 Å². The van der Waals surface area contributed by atoms with Crippen molar-refractivity contribution in [2.24, 2.45) is 5.41 Å². The zero-order valence-electron chi connectivity index (χ0n) is 11.9. The molecule has 0 rings (SSSR count). The number of methoxy groups -OCH3 is 1. The summed E-state index contributed by atoms with van der Waals surface area (Å²) in [5.41, 5.74) is -8.35. The smallest absolute Gasteiger partial charge is 0.435 e. The van der Waals surface area contributed by atoms with Crippen molar-refractivity contribution in [2.75, 3.05) is 7.11 Å². The summed E-state index contributed by atoms with van der Waals surface area (Å²) < 4.78 is 194. The molecule has 27 heavy (non-hydrogen) atoms. The van der Waals surface area contributed by atoms with Crippen LogP contribution in [0.15, 0.2) is 0 Å². The Hall–Kier alpha value is -1.62. The molecule has 0 N–H and O–H groups in total. The van der Waals surface area contributed by atoms with Gasteiger partial charge in [-0.3, -0.25) is 0 Å². The number of ether oxygens (including phenoxy) is 2. The topological polar surface area (TPSA) is 35.5 Å². The van der Waals surface area contributed by atoms with Crippen LogP contribution in [0.4, 0.5) is 65.9 Å². The summed E-state index contributed by atoms with van der Waals surface area (Å²) >= 11 is 0. The summed E-state index contributed by atoms with van der Waals surface area (Å²) in [6.45, 7) is 0. The van der Waals surface area contributed by atoms with Gasteiger partial charge in [-0.1, -0.05) is 0 Å². The van der Waals surface area contributed by atoms with Crippen LogP contribution >= 0.6 is 0 Å². The highest BCUT2D eigenvalue weighted by Crippen LogP contribution is 2.67. The van der Waals surface area contributed by atoms with E-state index in [1.165, 1.54) is 4.74 Å². The molecule has 0 heterocycles. The van der Waals surface area contributed by atoms with Gasteiger partial charge in [-0.2, -0.15) is 65.9 Å². The van der Waals surface area contributed by atoms with Crippen LogP contribution in [0, 0.1) is 5.41 Å². The molecule has 0 bridgehead atoms. The lowest BCUT2D eigenvalue weighted by Gasteiger charge is -2.43. The molecule has 0 atom stereocenters. The minimum absolute atomic E-state index is 0.101. The van der Waals surface area contributed by atoms with Crippen LogP contribution in [0.1, 0.15) is 0 Å². The minimum Gasteiger partial charge on any atom is -0.464 e. The maximum atomic E-state index is 13.3. The Morgan fingerprint density at radius 3 is 1.11 bits per heavy atom. The number of alkyl halides is 15. The Labute approximate surface area is 137 Å². The molecule has 3 nitrogen and oxygen atoms in total. The maximum absolute atomic E-state index is 13.3. The van der Waals surface area contributed by atoms with E-state index in [0.29, 0.717) is 0 Å². The van der Waals surface area contributed by atoms with Crippen molar-refractivity contribution in [2.45, 2.75) is 36.7 Å². The lowest BCUT2D eigenvalue weighted by Crippen LogP contribution is -2.71. The molecular formula is C9H3F15O3. The van der Waals surface area contributed by atoms with Gasteiger partial charge in [0.1, 0.15) is 0 Å². The van der Waals surface area contributed by atoms with Crippen molar-refractivity contribution >= 4 is 5.97 Å². The van der Waals surface area contributed by atoms with Crippen LogP contribution in [0.2, 0.25) is 0 Å². The van der Waals surface area contributed by atoms with Crippen LogP contribution in [0.3, 0.4) is 0 Å². The van der Waals surface area contributed by atoms with E-state index in [9.17, 15) is 70.7 Å². The zero-order valence-corrected chi connectivity index (χ0v) is 11.9. The average Bonchev–Trinajstić information content (AvgIpc) is 2.29. The van der Waals surface area contributed by atoms with Crippen molar-refractivity contribution < 1.29 is 80.1 Å². The second kappa shape index (κ2) is 6.47. The molecule has 162 valence electrons. The molecule has 0 aromatic rings. The van der Waals surface area contributed by atoms with Gasteiger partial charge in [-0.25, -0.2) is 9.53 Å². The van der Waals surface area contributed by atoms with Crippen LogP contribution in [-0.4, -0.2) is 49.7 Å². The van der Waals surface area contributed by atoms with E-state index in [1.807, 2.05) is 0 Å². The summed E-state index contributed by atoms with van der Waals surface area (Å²) in [6, 6.07) is 0. The second-order valence-corrected chi connectivity index (χ2v) is 4.44. The van der Waals surface area contributed by atoms with Crippen LogP contribution in [0.25, 0.3) is 0 Å². The fraction of sp³-hybridized carbons (Fsp3) is 0.889. The van der Waals surface area contributed by atoms with Gasteiger partial charge in [-0.05, 0) is 0 Å². The number of rotatable bonds is 5. The highest BCUT2D eigenvalue weighted by molar-refractivity contribution is 5.78. The molecule has 0 aliphatic carbocycles. The maximum Gasteiger partial charge on any atom is 0.435 e. The Morgan fingerprint density at radius 1 is 0.593 bits per heavy atom. The van der Waals surface area contributed by atoms with Gasteiger partial charge in [0.25, 0.3) is 0 Å². The normalized spacial score (nSPS) is 15.7. The summed E-state index contributed by atoms with van der Waals surface area (Å²) in [5, 5.41) is 0. The molecule has 0 saturated heterocycles. The van der Waals surface area contributed by atoms with E-state index >= 15 is 0 Å². The highest BCUT2D eigenvalue weighted by atomic mass is 19.4. The first-order chi connectivity index (χ1) is 11.4. The number of hydrogen-bond donors (Lipinski definition) is 0. The third kappa shape index (κ3) is 3.71. The van der Waals surface area contributed by atoms with Gasteiger partial charge >= 0.3 is 48.1 Å². The molecule has 0 aromatic carbocycles. The molecule has 0 fully saturated rings. The van der Waals surface area contributed by atoms with Gasteiger partial charge in [0, 0.05) is 0 Å². The van der Waals surface area contributed by atoms with Gasteiger partial charge in [0.2, 0.25) is 0 Å². The SMILES string of the molecule is COC(=O)C(F)(F)C(F)(F)OC(F)(F)C(C(F)(F)F)(C(F)(F)F)C(F)(F)F. The summed E-state index contributed by atoms with van der Waals surface area (Å²) in [4.78, 5) is 10.4. The summed E-state index contributed by atoms with van der Waals surface area (Å²) in [7, 11) is -0.101. The van der Waals surface area contributed by atoms with E-state index in [-0.39, 0.29) is 7.11 Å². The van der Waals surface area contributed by atoms with Crippen molar-refractivity contribution in [1.29, 1.82) is 0 Å². The molecule has 0 saturated carbocycles. The standard InChI is InChI=1S/C9H3F15O3/c1-26-2(25)3(10,11)8(21,22)27-9(23,24)4(5(12,13)14,6(15,16)17)7(18,19)20/h1H3. The first-order valence-corrected chi connectivity index (χ1v) is 5.56. The highest BCUT2D eigenvalue weighted by Gasteiger charge is 2.95. The van der Waals surface area contributed by atoms with Crippen molar-refractivity contribution in [3.8, 4) is 0 Å². The van der Waals surface area contributed by atoms with Gasteiger partial charge in [-0.15, -0.1) is 0 Å². The molecule has 0 amide bonds. The molecule has 0 spiro atoms. The van der Waals surface area contributed by atoms with E-state index in [2.05, 4.69) is 4.74 Å². The van der Waals surface area contributed by atoms with E-state index in [4.69, 9.17) is 0 Å². The molecule has 0 radical (unpaired) electrons. The average molecular weight is 444 g/mol. The number of hydrogen-bond acceptors (Lipinski definition) is 3. The van der Waals surface area contributed by atoms with Crippen molar-refractivity contribution in [3.05, 3.63) is 0 Å². The van der Waals surface area contributed by atoms with Crippen molar-refractivity contribution in [1.82, 2.24) is 0 Å². The number of halogens is 15. The largest absolute Gasteiger partial charge is 0.464 e. The Bertz CT molecular complexity index is 518.